The second kappa shape index (κ2) is 6.74. The van der Waals surface area contributed by atoms with Crippen molar-refractivity contribution in [2.24, 2.45) is 0 Å². The van der Waals surface area contributed by atoms with Gasteiger partial charge in [-0.25, -0.2) is 14.7 Å². The summed E-state index contributed by atoms with van der Waals surface area (Å²) >= 11 is 0. The van der Waals surface area contributed by atoms with Gasteiger partial charge in [0.1, 0.15) is 5.75 Å². The zero-order valence-electron chi connectivity index (χ0n) is 12.0. The Morgan fingerprint density at radius 3 is 2.67 bits per heavy atom. The number of benzene rings is 1. The number of carbonyl (C=O) groups is 1. The van der Waals surface area contributed by atoms with Crippen LogP contribution in [0.4, 0.5) is 0 Å². The molecule has 1 heterocycles. The van der Waals surface area contributed by atoms with Crippen LogP contribution in [0.3, 0.4) is 0 Å². The summed E-state index contributed by atoms with van der Waals surface area (Å²) in [6.07, 6.45) is 0.691. The molecule has 0 aliphatic rings. The number of carbonyl (C=O) groups excluding carboxylic acids is 1. The van der Waals surface area contributed by atoms with Crippen molar-refractivity contribution in [2.75, 3.05) is 13.7 Å². The van der Waals surface area contributed by atoms with Crippen LogP contribution < -0.4 is 10.3 Å². The smallest absolute Gasteiger partial charge is 0.364 e. The fourth-order valence-electron chi connectivity index (χ4n) is 1.75. The van der Waals surface area contributed by atoms with Crippen LogP contribution in [0.25, 0.3) is 0 Å². The van der Waals surface area contributed by atoms with Crippen LogP contribution >= 0.6 is 0 Å². The van der Waals surface area contributed by atoms with Gasteiger partial charge in [-0.3, -0.25) is 4.79 Å². The predicted molar refractivity (Wildman–Crippen MR) is 75.5 cm³/mol. The summed E-state index contributed by atoms with van der Waals surface area (Å²) in [7, 11) is 1.59. The molecular formula is C14H17N3O4. The lowest BCUT2D eigenvalue weighted by Gasteiger charge is -2.03. The van der Waals surface area contributed by atoms with Gasteiger partial charge in [-0.2, -0.15) is 0 Å². The average molecular weight is 291 g/mol. The zero-order valence-corrected chi connectivity index (χ0v) is 12.0. The van der Waals surface area contributed by atoms with Crippen LogP contribution in [0.2, 0.25) is 0 Å². The van der Waals surface area contributed by atoms with Crippen LogP contribution in [-0.2, 0) is 11.3 Å². The number of methoxy groups -OCH3 is 1. The van der Waals surface area contributed by atoms with Crippen molar-refractivity contribution < 1.29 is 14.3 Å². The van der Waals surface area contributed by atoms with Crippen molar-refractivity contribution >= 4 is 5.97 Å². The van der Waals surface area contributed by atoms with Crippen LogP contribution in [0, 0.1) is 0 Å². The normalized spacial score (nSPS) is 10.4. The molecule has 1 N–H and O–H groups in total. The van der Waals surface area contributed by atoms with Crippen molar-refractivity contribution in [3.63, 3.8) is 0 Å². The zero-order chi connectivity index (χ0) is 15.2. The molecule has 0 saturated carbocycles. The third-order valence-electron chi connectivity index (χ3n) is 2.86. The molecule has 7 nitrogen and oxygen atoms in total. The highest BCUT2D eigenvalue weighted by Crippen LogP contribution is 2.11. The molecule has 2 rings (SSSR count). The van der Waals surface area contributed by atoms with E-state index in [1.165, 1.54) is 4.68 Å². The Balaban J connectivity index is 2.12. The Kier molecular flexibility index (Phi) is 4.76. The van der Waals surface area contributed by atoms with Crippen molar-refractivity contribution in [1.82, 2.24) is 15.0 Å². The number of nitrogens with one attached hydrogen (secondary N) is 1. The molecule has 112 valence electrons. The molecule has 0 radical (unpaired) electrons. The molecule has 0 fully saturated rings. The van der Waals surface area contributed by atoms with Crippen molar-refractivity contribution in [3.8, 4) is 5.75 Å². The number of aromatic nitrogens is 3. The molecule has 7 heteroatoms. The Hall–Kier alpha value is -2.57. The summed E-state index contributed by atoms with van der Waals surface area (Å²) in [6.45, 7) is 2.43. The van der Waals surface area contributed by atoms with Gasteiger partial charge in [-0.05, 0) is 24.1 Å². The lowest BCUT2D eigenvalue weighted by atomic mass is 10.2. The molecule has 2 aromatic rings. The first-order chi connectivity index (χ1) is 10.2. The summed E-state index contributed by atoms with van der Waals surface area (Å²) in [6, 6.07) is 7.27. The quantitative estimate of drug-likeness (QED) is 0.808. The monoisotopic (exact) mass is 291 g/mol. The van der Waals surface area contributed by atoms with E-state index >= 15 is 0 Å². The summed E-state index contributed by atoms with van der Waals surface area (Å²) in [5, 5.41) is 6.26. The second-order valence-electron chi connectivity index (χ2n) is 4.44. The molecular weight excluding hydrogens is 274 g/mol. The third-order valence-corrected chi connectivity index (χ3v) is 2.86. The largest absolute Gasteiger partial charge is 0.497 e. The molecule has 0 amide bonds. The fourth-order valence-corrected chi connectivity index (χ4v) is 1.75. The van der Waals surface area contributed by atoms with Gasteiger partial charge in [0.15, 0.2) is 0 Å². The van der Waals surface area contributed by atoms with E-state index in [1.807, 2.05) is 19.1 Å². The van der Waals surface area contributed by atoms with Crippen molar-refractivity contribution in [1.29, 1.82) is 0 Å². The van der Waals surface area contributed by atoms with Gasteiger partial charge in [0, 0.05) is 0 Å². The van der Waals surface area contributed by atoms with Gasteiger partial charge in [0.2, 0.25) is 5.69 Å². The van der Waals surface area contributed by atoms with Crippen LogP contribution in [0.1, 0.15) is 29.4 Å². The van der Waals surface area contributed by atoms with Crippen LogP contribution in [0.15, 0.2) is 29.1 Å². The second-order valence-corrected chi connectivity index (χ2v) is 4.44. The molecule has 0 bridgehead atoms. The Morgan fingerprint density at radius 1 is 1.33 bits per heavy atom. The molecule has 0 unspecified atom stereocenters. The maximum absolute atomic E-state index is 12.0. The number of aromatic amines is 1. The van der Waals surface area contributed by atoms with E-state index in [9.17, 15) is 9.59 Å². The Bertz CT molecular complexity index is 658. The highest BCUT2D eigenvalue weighted by atomic mass is 16.5. The first-order valence-electron chi connectivity index (χ1n) is 6.61. The number of esters is 1. The van der Waals surface area contributed by atoms with Crippen LogP contribution in [0.5, 0.6) is 5.75 Å². The maximum Gasteiger partial charge on any atom is 0.364 e. The first kappa shape index (κ1) is 14.8. The fraction of sp³-hybridized carbons (Fsp3) is 0.357. The SMILES string of the molecule is CCCOC(=O)c1n[nH]n(Cc2ccc(OC)cc2)c1=O. The van der Waals surface area contributed by atoms with E-state index in [2.05, 4.69) is 10.3 Å². The minimum atomic E-state index is -0.702. The molecule has 1 aromatic heterocycles. The molecule has 0 aliphatic carbocycles. The Morgan fingerprint density at radius 2 is 2.05 bits per heavy atom. The van der Waals surface area contributed by atoms with E-state index in [0.29, 0.717) is 6.42 Å². The standard InChI is InChI=1S/C14H17N3O4/c1-3-8-21-14(19)12-13(18)17(16-15-12)9-10-4-6-11(20-2)7-5-10/h4-7,16H,3,8-9H2,1-2H3. The van der Waals surface area contributed by atoms with Gasteiger partial charge in [0.05, 0.1) is 20.3 Å². The molecule has 1 aromatic carbocycles. The number of ether oxygens (including phenoxy) is 2. The summed E-state index contributed by atoms with van der Waals surface area (Å²) < 4.78 is 11.2. The van der Waals surface area contributed by atoms with E-state index in [4.69, 9.17) is 9.47 Å². The van der Waals surface area contributed by atoms with E-state index in [0.717, 1.165) is 11.3 Å². The number of nitrogens with zero attached hydrogens (tertiary/aromatic N) is 2. The van der Waals surface area contributed by atoms with E-state index < -0.39 is 11.5 Å². The van der Waals surface area contributed by atoms with Gasteiger partial charge in [0.25, 0.3) is 0 Å². The maximum atomic E-state index is 12.0. The van der Waals surface area contributed by atoms with E-state index in [-0.39, 0.29) is 18.8 Å². The lowest BCUT2D eigenvalue weighted by molar-refractivity contribution is 0.0496. The van der Waals surface area contributed by atoms with Crippen LogP contribution in [-0.4, -0.2) is 34.7 Å². The molecule has 21 heavy (non-hydrogen) atoms. The predicted octanol–water partition coefficient (Wildman–Crippen LogP) is 1.20. The molecule has 0 aliphatic heterocycles. The van der Waals surface area contributed by atoms with Gasteiger partial charge < -0.3 is 9.47 Å². The highest BCUT2D eigenvalue weighted by molar-refractivity contribution is 5.86. The molecule has 0 saturated heterocycles. The van der Waals surface area contributed by atoms with E-state index in [1.54, 1.807) is 19.2 Å². The minimum absolute atomic E-state index is 0.225. The van der Waals surface area contributed by atoms with Crippen molar-refractivity contribution in [3.05, 3.63) is 45.9 Å². The van der Waals surface area contributed by atoms with Gasteiger partial charge in [-0.15, -0.1) is 5.10 Å². The third kappa shape index (κ3) is 3.50. The molecule has 0 atom stereocenters. The van der Waals surface area contributed by atoms with Gasteiger partial charge >= 0.3 is 11.5 Å². The highest BCUT2D eigenvalue weighted by Gasteiger charge is 2.17. The lowest BCUT2D eigenvalue weighted by Crippen LogP contribution is -2.23. The number of H-pyrrole nitrogens is 1. The first-order valence-corrected chi connectivity index (χ1v) is 6.61. The summed E-state index contributed by atoms with van der Waals surface area (Å²) in [5.41, 5.74) is 0.166. The van der Waals surface area contributed by atoms with Gasteiger partial charge in [-0.1, -0.05) is 19.1 Å². The number of hydrogen-bond donors (Lipinski definition) is 1. The topological polar surface area (TPSA) is 86.2 Å². The van der Waals surface area contributed by atoms with Crippen molar-refractivity contribution in [2.45, 2.75) is 19.9 Å². The summed E-state index contributed by atoms with van der Waals surface area (Å²) in [5.74, 6) is 0.0334. The number of rotatable bonds is 6. The Labute approximate surface area is 121 Å². The average Bonchev–Trinajstić information content (AvgIpc) is 2.87. The minimum Gasteiger partial charge on any atom is -0.497 e. The summed E-state index contributed by atoms with van der Waals surface area (Å²) in [4.78, 5) is 23.7. The molecule has 0 spiro atoms. The number of hydrogen-bond acceptors (Lipinski definition) is 5.